The van der Waals surface area contributed by atoms with Crippen LogP contribution in [0.25, 0.3) is 10.8 Å². The normalized spacial score (nSPS) is 16.3. The van der Waals surface area contributed by atoms with Gasteiger partial charge in [0.1, 0.15) is 5.75 Å². The van der Waals surface area contributed by atoms with Gasteiger partial charge in [0.2, 0.25) is 0 Å². The second-order valence-corrected chi connectivity index (χ2v) is 7.78. The Kier molecular flexibility index (Phi) is 5.63. The largest absolute Gasteiger partial charge is 0.468 e. The van der Waals surface area contributed by atoms with Crippen LogP contribution in [-0.2, 0) is 22.5 Å². The summed E-state index contributed by atoms with van der Waals surface area (Å²) in [7, 11) is 1.61. The molecule has 1 aliphatic rings. The SMILES string of the molecule is COCOc1cc(C2Cc3nc(SC)n[c]c3CO2)c2c(Br)cccc2c1. The molecule has 7 heteroatoms. The van der Waals surface area contributed by atoms with Gasteiger partial charge in [-0.15, -0.1) is 0 Å². The van der Waals surface area contributed by atoms with Gasteiger partial charge in [-0.3, -0.25) is 0 Å². The summed E-state index contributed by atoms with van der Waals surface area (Å²) in [6.45, 7) is 0.649. The number of halogens is 1. The van der Waals surface area contributed by atoms with Crippen LogP contribution in [0.3, 0.4) is 0 Å². The molecule has 0 saturated carbocycles. The van der Waals surface area contributed by atoms with Gasteiger partial charge < -0.3 is 14.2 Å². The standard InChI is InChI=1S/C20H18BrN2O3S/c1-24-11-26-14-6-12-4-3-5-16(21)19(12)15(7-14)18-8-17-13(10-25-18)9-22-20(23-17)27-2/h3-7,18H,8,10-11H2,1-2H3. The molecule has 139 valence electrons. The van der Waals surface area contributed by atoms with E-state index in [2.05, 4.69) is 38.2 Å². The third kappa shape index (κ3) is 3.82. The van der Waals surface area contributed by atoms with Crippen molar-refractivity contribution in [2.45, 2.75) is 24.3 Å². The quantitative estimate of drug-likeness (QED) is 0.322. The first kappa shape index (κ1) is 18.7. The Labute approximate surface area is 170 Å². The van der Waals surface area contributed by atoms with Crippen LogP contribution in [0, 0.1) is 6.20 Å². The second-order valence-electron chi connectivity index (χ2n) is 6.15. The fourth-order valence-corrected chi connectivity index (χ4v) is 4.18. The molecule has 3 aromatic rings. The van der Waals surface area contributed by atoms with Crippen molar-refractivity contribution >= 4 is 38.5 Å². The summed E-state index contributed by atoms with van der Waals surface area (Å²) >= 11 is 5.21. The number of fused-ring (bicyclic) bond motifs is 2. The molecule has 0 N–H and O–H groups in total. The zero-order valence-electron chi connectivity index (χ0n) is 15.0. The molecule has 5 nitrogen and oxygen atoms in total. The number of nitrogens with zero attached hydrogens (tertiary/aromatic N) is 2. The summed E-state index contributed by atoms with van der Waals surface area (Å²) in [6.07, 6.45) is 5.58. The lowest BCUT2D eigenvalue weighted by molar-refractivity contribution is 0.0253. The fourth-order valence-electron chi connectivity index (χ4n) is 3.23. The molecule has 0 amide bonds. The van der Waals surface area contributed by atoms with Gasteiger partial charge in [-0.05, 0) is 35.4 Å². The van der Waals surface area contributed by atoms with Crippen LogP contribution in [0.5, 0.6) is 5.75 Å². The molecule has 27 heavy (non-hydrogen) atoms. The molecule has 1 aliphatic heterocycles. The monoisotopic (exact) mass is 445 g/mol. The van der Waals surface area contributed by atoms with E-state index in [-0.39, 0.29) is 12.9 Å². The molecule has 1 radical (unpaired) electrons. The highest BCUT2D eigenvalue weighted by Gasteiger charge is 2.26. The van der Waals surface area contributed by atoms with E-state index in [1.807, 2.05) is 30.5 Å². The summed E-state index contributed by atoms with van der Waals surface area (Å²) < 4.78 is 18.0. The van der Waals surface area contributed by atoms with E-state index in [0.29, 0.717) is 13.0 Å². The smallest absolute Gasteiger partial charge is 0.188 e. The van der Waals surface area contributed by atoms with Crippen LogP contribution in [0.1, 0.15) is 22.9 Å². The lowest BCUT2D eigenvalue weighted by Crippen LogP contribution is -2.18. The van der Waals surface area contributed by atoms with E-state index >= 15 is 0 Å². The molecule has 1 atom stereocenters. The number of hydrogen-bond acceptors (Lipinski definition) is 6. The van der Waals surface area contributed by atoms with Gasteiger partial charge in [0.25, 0.3) is 0 Å². The number of hydrogen-bond donors (Lipinski definition) is 0. The molecule has 0 saturated heterocycles. The van der Waals surface area contributed by atoms with Crippen molar-refractivity contribution in [1.29, 1.82) is 0 Å². The highest BCUT2D eigenvalue weighted by molar-refractivity contribution is 9.10. The number of rotatable bonds is 5. The minimum atomic E-state index is -0.122. The van der Waals surface area contributed by atoms with Gasteiger partial charge in [-0.2, -0.15) is 0 Å². The van der Waals surface area contributed by atoms with Crippen molar-refractivity contribution in [2.75, 3.05) is 20.2 Å². The maximum Gasteiger partial charge on any atom is 0.188 e. The number of methoxy groups -OCH3 is 1. The van der Waals surface area contributed by atoms with E-state index in [0.717, 1.165) is 43.0 Å². The first-order valence-electron chi connectivity index (χ1n) is 8.46. The predicted octanol–water partition coefficient (Wildman–Crippen LogP) is 4.71. The molecule has 2 heterocycles. The average Bonchev–Trinajstić information content (AvgIpc) is 2.71. The summed E-state index contributed by atoms with van der Waals surface area (Å²) in [5.41, 5.74) is 2.99. The maximum absolute atomic E-state index is 6.16. The number of ether oxygens (including phenoxy) is 3. The van der Waals surface area contributed by atoms with Crippen LogP contribution in [0.2, 0.25) is 0 Å². The molecule has 0 fully saturated rings. The van der Waals surface area contributed by atoms with E-state index < -0.39 is 0 Å². The van der Waals surface area contributed by atoms with Crippen LogP contribution in [0.15, 0.2) is 40.0 Å². The van der Waals surface area contributed by atoms with Gasteiger partial charge >= 0.3 is 0 Å². The minimum absolute atomic E-state index is 0.122. The molecular weight excluding hydrogens is 428 g/mol. The molecule has 0 spiro atoms. The third-order valence-corrected chi connectivity index (χ3v) is 5.68. The summed E-state index contributed by atoms with van der Waals surface area (Å²) in [6, 6.07) is 10.2. The lowest BCUT2D eigenvalue weighted by atomic mass is 9.94. The molecule has 0 aliphatic carbocycles. The molecule has 1 aromatic heterocycles. The van der Waals surface area contributed by atoms with Crippen molar-refractivity contribution in [3.8, 4) is 5.75 Å². The highest BCUT2D eigenvalue weighted by atomic mass is 79.9. The van der Waals surface area contributed by atoms with Crippen molar-refractivity contribution in [1.82, 2.24) is 9.97 Å². The van der Waals surface area contributed by atoms with Crippen LogP contribution >= 0.6 is 27.7 Å². The number of thioether (sulfide) groups is 1. The topological polar surface area (TPSA) is 53.5 Å². The van der Waals surface area contributed by atoms with Gasteiger partial charge in [0, 0.05) is 29.0 Å². The maximum atomic E-state index is 6.16. The van der Waals surface area contributed by atoms with E-state index in [9.17, 15) is 0 Å². The number of aromatic nitrogens is 2. The van der Waals surface area contributed by atoms with Gasteiger partial charge in [0.05, 0.1) is 24.6 Å². The Balaban J connectivity index is 1.77. The van der Waals surface area contributed by atoms with Crippen LogP contribution in [-0.4, -0.2) is 30.1 Å². The Morgan fingerprint density at radius 1 is 1.37 bits per heavy atom. The van der Waals surface area contributed by atoms with E-state index in [1.54, 1.807) is 7.11 Å². The Hall–Kier alpha value is -1.67. The van der Waals surface area contributed by atoms with Crippen LogP contribution in [0.4, 0.5) is 0 Å². The first-order chi connectivity index (χ1) is 13.2. The fraction of sp³-hybridized carbons (Fsp3) is 0.300. The Morgan fingerprint density at radius 2 is 2.26 bits per heavy atom. The third-order valence-electron chi connectivity index (χ3n) is 4.48. The first-order valence-corrected chi connectivity index (χ1v) is 10.5. The predicted molar refractivity (Wildman–Crippen MR) is 108 cm³/mol. The van der Waals surface area contributed by atoms with Gasteiger partial charge in [-0.25, -0.2) is 9.97 Å². The Bertz CT molecular complexity index is 983. The Morgan fingerprint density at radius 3 is 3.07 bits per heavy atom. The van der Waals surface area contributed by atoms with Gasteiger partial charge in [-0.1, -0.05) is 39.8 Å². The zero-order chi connectivity index (χ0) is 18.8. The summed E-state index contributed by atoms with van der Waals surface area (Å²) in [5, 5.41) is 2.94. The average molecular weight is 446 g/mol. The zero-order valence-corrected chi connectivity index (χ0v) is 17.4. The second kappa shape index (κ2) is 8.14. The molecule has 2 aromatic carbocycles. The van der Waals surface area contributed by atoms with E-state index in [1.165, 1.54) is 11.8 Å². The van der Waals surface area contributed by atoms with E-state index in [4.69, 9.17) is 14.2 Å². The van der Waals surface area contributed by atoms with Crippen LogP contribution < -0.4 is 4.74 Å². The summed E-state index contributed by atoms with van der Waals surface area (Å²) in [5.74, 6) is 0.755. The molecule has 1 unspecified atom stereocenters. The lowest BCUT2D eigenvalue weighted by Gasteiger charge is -2.26. The number of benzene rings is 2. The summed E-state index contributed by atoms with van der Waals surface area (Å²) in [4.78, 5) is 8.89. The van der Waals surface area contributed by atoms with Gasteiger partial charge in [0.15, 0.2) is 11.9 Å². The van der Waals surface area contributed by atoms with Crippen molar-refractivity contribution in [3.05, 3.63) is 57.8 Å². The molecule has 4 rings (SSSR count). The van der Waals surface area contributed by atoms with Crippen molar-refractivity contribution in [2.24, 2.45) is 0 Å². The van der Waals surface area contributed by atoms with Crippen molar-refractivity contribution in [3.63, 3.8) is 0 Å². The highest BCUT2D eigenvalue weighted by Crippen LogP contribution is 2.39. The minimum Gasteiger partial charge on any atom is -0.468 e. The molecular formula is C20H18BrN2O3S. The molecule has 0 bridgehead atoms. The van der Waals surface area contributed by atoms with Crippen molar-refractivity contribution < 1.29 is 14.2 Å².